The molecular weight excluding hydrogens is 203 g/mol. The first kappa shape index (κ1) is 8.35. The second-order valence-corrected chi connectivity index (χ2v) is 3.55. The van der Waals surface area contributed by atoms with Crippen molar-refractivity contribution in [3.8, 4) is 0 Å². The van der Waals surface area contributed by atoms with E-state index >= 15 is 0 Å². The Bertz CT molecular complexity index is 294. The Balaban J connectivity index is 3.27. The molecule has 0 saturated heterocycles. The average molecular weight is 212 g/mol. The van der Waals surface area contributed by atoms with Crippen LogP contribution in [0.5, 0.6) is 0 Å². The third kappa shape index (κ3) is 1.63. The molecule has 1 atom stereocenters. The Kier molecular flexibility index (Phi) is 2.35. The van der Waals surface area contributed by atoms with Crippen molar-refractivity contribution >= 4 is 27.2 Å². The van der Waals surface area contributed by atoms with Gasteiger partial charge in [-0.25, -0.2) is 0 Å². The quantitative estimate of drug-likeness (QED) is 0.663. The molecule has 0 radical (unpaired) electrons. The van der Waals surface area contributed by atoms with Crippen LogP contribution in [-0.4, -0.2) is 27.9 Å². The number of carboxylic acids is 1. The molecule has 0 aliphatic rings. The summed E-state index contributed by atoms with van der Waals surface area (Å²) in [5.74, 6) is -0.840. The summed E-state index contributed by atoms with van der Waals surface area (Å²) in [4.78, 5) is 10.6. The Morgan fingerprint density at radius 3 is 2.64 bits per heavy atom. The zero-order valence-corrected chi connectivity index (χ0v) is 8.59. The SMILES string of the molecule is Cc1cccc(C(=O)O)c1[AsH2]. The standard InChI is InChI=1S/C8H9AsO2/c1-5-3-2-4-6(7(5)9)8(10)11/h2-4H,9H2,1H3,(H,10,11). The number of aryl methyl sites for hydroxylation is 1. The fourth-order valence-corrected chi connectivity index (χ4v) is 1.53. The van der Waals surface area contributed by atoms with Crippen molar-refractivity contribution in [2.24, 2.45) is 0 Å². The van der Waals surface area contributed by atoms with Crippen LogP contribution in [-0.2, 0) is 0 Å². The summed E-state index contributed by atoms with van der Waals surface area (Å²) >= 11 is 1.36. The molecule has 0 amide bonds. The molecule has 0 heterocycles. The molecule has 0 aromatic heterocycles. The molecule has 0 bridgehead atoms. The molecular formula is C8H9AsO2. The second kappa shape index (κ2) is 3.10. The van der Waals surface area contributed by atoms with Crippen LogP contribution in [0, 0.1) is 6.92 Å². The predicted octanol–water partition coefficient (Wildman–Crippen LogP) is -0.0484. The third-order valence-electron chi connectivity index (χ3n) is 1.55. The molecule has 0 spiro atoms. The van der Waals surface area contributed by atoms with Crippen molar-refractivity contribution in [2.45, 2.75) is 6.92 Å². The van der Waals surface area contributed by atoms with Gasteiger partial charge in [0.1, 0.15) is 0 Å². The first-order valence-electron chi connectivity index (χ1n) is 3.21. The van der Waals surface area contributed by atoms with E-state index in [0.29, 0.717) is 5.56 Å². The molecule has 58 valence electrons. The van der Waals surface area contributed by atoms with E-state index < -0.39 is 5.97 Å². The van der Waals surface area contributed by atoms with E-state index in [9.17, 15) is 4.79 Å². The topological polar surface area (TPSA) is 37.3 Å². The molecule has 2 nitrogen and oxygen atoms in total. The molecule has 0 fully saturated rings. The van der Waals surface area contributed by atoms with Crippen LogP contribution in [0.15, 0.2) is 18.2 Å². The fraction of sp³-hybridized carbons (Fsp3) is 0.125. The first-order valence-corrected chi connectivity index (χ1v) is 4.42. The van der Waals surface area contributed by atoms with Gasteiger partial charge in [-0.15, -0.1) is 0 Å². The van der Waals surface area contributed by atoms with Crippen molar-refractivity contribution in [1.82, 2.24) is 0 Å². The summed E-state index contributed by atoms with van der Waals surface area (Å²) in [5.41, 5.74) is 1.47. The van der Waals surface area contributed by atoms with Crippen molar-refractivity contribution in [3.63, 3.8) is 0 Å². The van der Waals surface area contributed by atoms with Crippen molar-refractivity contribution < 1.29 is 9.90 Å². The van der Waals surface area contributed by atoms with E-state index in [1.165, 1.54) is 16.9 Å². The van der Waals surface area contributed by atoms with Gasteiger partial charge < -0.3 is 0 Å². The van der Waals surface area contributed by atoms with E-state index in [1.807, 2.05) is 13.0 Å². The number of carboxylic acid groups (broad SMARTS) is 1. The van der Waals surface area contributed by atoms with E-state index in [1.54, 1.807) is 12.1 Å². The Hall–Kier alpha value is -0.752. The number of rotatable bonds is 1. The van der Waals surface area contributed by atoms with E-state index in [2.05, 4.69) is 0 Å². The summed E-state index contributed by atoms with van der Waals surface area (Å²) in [6.45, 7) is 1.92. The van der Waals surface area contributed by atoms with Gasteiger partial charge >= 0.3 is 73.3 Å². The fourth-order valence-electron chi connectivity index (χ4n) is 0.867. The van der Waals surface area contributed by atoms with Crippen LogP contribution < -0.4 is 4.35 Å². The molecule has 0 saturated carbocycles. The van der Waals surface area contributed by atoms with Crippen LogP contribution in [0.25, 0.3) is 0 Å². The van der Waals surface area contributed by atoms with Gasteiger partial charge in [-0.1, -0.05) is 0 Å². The predicted molar refractivity (Wildman–Crippen MR) is 46.3 cm³/mol. The average Bonchev–Trinajstić information content (AvgIpc) is 1.94. The summed E-state index contributed by atoms with van der Waals surface area (Å²) in [5, 5.41) is 8.70. The Morgan fingerprint density at radius 1 is 1.55 bits per heavy atom. The molecule has 0 aliphatic heterocycles. The van der Waals surface area contributed by atoms with Crippen molar-refractivity contribution in [1.29, 1.82) is 0 Å². The monoisotopic (exact) mass is 212 g/mol. The molecule has 1 rings (SSSR count). The number of hydrogen-bond donors (Lipinski definition) is 1. The second-order valence-electron chi connectivity index (χ2n) is 2.34. The summed E-state index contributed by atoms with van der Waals surface area (Å²) in [6.07, 6.45) is 0. The number of aromatic carboxylic acids is 1. The van der Waals surface area contributed by atoms with Gasteiger partial charge in [-0.2, -0.15) is 0 Å². The molecule has 1 unspecified atom stereocenters. The molecule has 0 aliphatic carbocycles. The zero-order valence-electron chi connectivity index (χ0n) is 6.16. The van der Waals surface area contributed by atoms with Gasteiger partial charge in [0.2, 0.25) is 0 Å². The molecule has 1 N–H and O–H groups in total. The minimum atomic E-state index is -0.840. The maximum absolute atomic E-state index is 10.6. The summed E-state index contributed by atoms with van der Waals surface area (Å²) in [6, 6.07) is 5.32. The molecule has 1 aromatic carbocycles. The van der Waals surface area contributed by atoms with Crippen molar-refractivity contribution in [2.75, 3.05) is 0 Å². The van der Waals surface area contributed by atoms with Crippen LogP contribution in [0.2, 0.25) is 0 Å². The van der Waals surface area contributed by atoms with Gasteiger partial charge in [0.15, 0.2) is 0 Å². The van der Waals surface area contributed by atoms with E-state index in [-0.39, 0.29) is 0 Å². The van der Waals surface area contributed by atoms with Gasteiger partial charge in [0.05, 0.1) is 0 Å². The Morgan fingerprint density at radius 2 is 2.18 bits per heavy atom. The molecule has 11 heavy (non-hydrogen) atoms. The van der Waals surface area contributed by atoms with Crippen molar-refractivity contribution in [3.05, 3.63) is 29.3 Å². The summed E-state index contributed by atoms with van der Waals surface area (Å²) in [7, 11) is 0. The number of benzene rings is 1. The van der Waals surface area contributed by atoms with E-state index in [4.69, 9.17) is 5.11 Å². The van der Waals surface area contributed by atoms with Crippen LogP contribution in [0.3, 0.4) is 0 Å². The summed E-state index contributed by atoms with van der Waals surface area (Å²) < 4.78 is 0.910. The Labute approximate surface area is 73.7 Å². The third-order valence-corrected chi connectivity index (χ3v) is 3.16. The van der Waals surface area contributed by atoms with Gasteiger partial charge in [-0.05, 0) is 0 Å². The van der Waals surface area contributed by atoms with Gasteiger partial charge in [-0.3, -0.25) is 0 Å². The van der Waals surface area contributed by atoms with Crippen LogP contribution in [0.4, 0.5) is 0 Å². The number of hydrogen-bond acceptors (Lipinski definition) is 1. The maximum atomic E-state index is 10.6. The first-order chi connectivity index (χ1) is 5.13. The zero-order chi connectivity index (χ0) is 8.43. The number of carbonyl (C=O) groups is 1. The molecule has 1 aromatic rings. The normalized spacial score (nSPS) is 9.64. The van der Waals surface area contributed by atoms with E-state index in [0.717, 1.165) is 9.91 Å². The van der Waals surface area contributed by atoms with Crippen LogP contribution in [0.1, 0.15) is 15.9 Å². The van der Waals surface area contributed by atoms with Crippen LogP contribution >= 0.6 is 0 Å². The van der Waals surface area contributed by atoms with Gasteiger partial charge in [0, 0.05) is 0 Å². The minimum absolute atomic E-state index is 0.421. The molecule has 3 heteroatoms. The van der Waals surface area contributed by atoms with Gasteiger partial charge in [0.25, 0.3) is 0 Å².